The van der Waals surface area contributed by atoms with Gasteiger partial charge in [-0.2, -0.15) is 4.31 Å². The van der Waals surface area contributed by atoms with Crippen molar-refractivity contribution in [2.45, 2.75) is 18.2 Å². The molecular formula is C19H22N2O4S. The predicted octanol–water partition coefficient (Wildman–Crippen LogP) is 2.52. The molecule has 2 aromatic rings. The molecule has 26 heavy (non-hydrogen) atoms. The van der Waals surface area contributed by atoms with Crippen molar-refractivity contribution in [3.05, 3.63) is 59.7 Å². The van der Waals surface area contributed by atoms with E-state index in [9.17, 15) is 13.2 Å². The van der Waals surface area contributed by atoms with Gasteiger partial charge in [0.1, 0.15) is 0 Å². The summed E-state index contributed by atoms with van der Waals surface area (Å²) in [5.41, 5.74) is 2.27. The van der Waals surface area contributed by atoms with E-state index in [1.54, 1.807) is 0 Å². The summed E-state index contributed by atoms with van der Waals surface area (Å²) in [5.74, 6) is -0.270. The molecule has 3 rings (SSSR count). The third-order valence-electron chi connectivity index (χ3n) is 4.32. The average Bonchev–Trinajstić information content (AvgIpc) is 2.69. The Bertz CT molecular complexity index is 873. The number of nitrogens with one attached hydrogen (secondary N) is 1. The van der Waals surface area contributed by atoms with E-state index in [0.717, 1.165) is 17.7 Å². The number of morpholine rings is 1. The summed E-state index contributed by atoms with van der Waals surface area (Å²) >= 11 is 0. The molecule has 0 saturated carbocycles. The third kappa shape index (κ3) is 4.12. The first-order valence-electron chi connectivity index (χ1n) is 8.59. The van der Waals surface area contributed by atoms with Crippen LogP contribution in [0.25, 0.3) is 0 Å². The van der Waals surface area contributed by atoms with Gasteiger partial charge < -0.3 is 10.1 Å². The van der Waals surface area contributed by atoms with E-state index in [1.807, 2.05) is 24.3 Å². The van der Waals surface area contributed by atoms with E-state index in [1.165, 1.54) is 28.6 Å². The summed E-state index contributed by atoms with van der Waals surface area (Å²) in [7, 11) is -3.55. The number of hydrogen-bond donors (Lipinski definition) is 1. The van der Waals surface area contributed by atoms with Crippen LogP contribution in [0.5, 0.6) is 0 Å². The van der Waals surface area contributed by atoms with Crippen molar-refractivity contribution in [2.24, 2.45) is 0 Å². The average molecular weight is 374 g/mol. The minimum absolute atomic E-state index is 0.184. The van der Waals surface area contributed by atoms with Gasteiger partial charge in [0.05, 0.1) is 18.1 Å². The number of ether oxygens (including phenoxy) is 1. The van der Waals surface area contributed by atoms with E-state index in [0.29, 0.717) is 31.9 Å². The molecule has 2 aromatic carbocycles. The number of benzene rings is 2. The molecule has 1 saturated heterocycles. The highest BCUT2D eigenvalue weighted by molar-refractivity contribution is 7.89. The van der Waals surface area contributed by atoms with Gasteiger partial charge in [-0.1, -0.05) is 19.1 Å². The molecule has 138 valence electrons. The number of hydrogen-bond acceptors (Lipinski definition) is 4. The molecular weight excluding hydrogens is 352 g/mol. The minimum Gasteiger partial charge on any atom is -0.379 e. The van der Waals surface area contributed by atoms with Gasteiger partial charge in [0.25, 0.3) is 5.91 Å². The number of sulfonamides is 1. The Morgan fingerprint density at radius 1 is 1.12 bits per heavy atom. The van der Waals surface area contributed by atoms with Gasteiger partial charge in [-0.3, -0.25) is 4.79 Å². The second-order valence-corrected chi connectivity index (χ2v) is 7.99. The molecule has 1 aliphatic rings. The van der Waals surface area contributed by atoms with Crippen LogP contribution in [0.3, 0.4) is 0 Å². The van der Waals surface area contributed by atoms with Crippen LogP contribution in [0.2, 0.25) is 0 Å². The number of rotatable bonds is 5. The highest BCUT2D eigenvalue weighted by Gasteiger charge is 2.26. The summed E-state index contributed by atoms with van der Waals surface area (Å²) in [4.78, 5) is 12.6. The van der Waals surface area contributed by atoms with Gasteiger partial charge in [-0.25, -0.2) is 8.42 Å². The fraction of sp³-hybridized carbons (Fsp3) is 0.316. The normalized spacial score (nSPS) is 15.6. The van der Waals surface area contributed by atoms with E-state index < -0.39 is 10.0 Å². The van der Waals surface area contributed by atoms with Crippen molar-refractivity contribution in [3.63, 3.8) is 0 Å². The van der Waals surface area contributed by atoms with Crippen LogP contribution in [-0.2, 0) is 21.2 Å². The summed E-state index contributed by atoms with van der Waals surface area (Å²) in [6.07, 6.45) is 0.887. The van der Waals surface area contributed by atoms with Gasteiger partial charge in [0, 0.05) is 24.3 Å². The number of aryl methyl sites for hydroxylation is 1. The molecule has 1 aliphatic heterocycles. The number of anilines is 1. The van der Waals surface area contributed by atoms with Crippen molar-refractivity contribution in [3.8, 4) is 0 Å². The fourth-order valence-corrected chi connectivity index (χ4v) is 4.19. The molecule has 0 radical (unpaired) electrons. The molecule has 0 aliphatic carbocycles. The standard InChI is InChI=1S/C19H22N2O4S/c1-2-15-4-3-5-17(14-15)20-19(22)16-6-8-18(9-7-16)26(23,24)21-10-12-25-13-11-21/h3-9,14H,2,10-13H2,1H3,(H,20,22). The second kappa shape index (κ2) is 7.99. The predicted molar refractivity (Wildman–Crippen MR) is 99.8 cm³/mol. The van der Waals surface area contributed by atoms with Gasteiger partial charge in [0.2, 0.25) is 10.0 Å². The molecule has 1 amide bonds. The lowest BCUT2D eigenvalue weighted by Crippen LogP contribution is -2.40. The Labute approximate surface area is 153 Å². The maximum Gasteiger partial charge on any atom is 0.255 e. The molecule has 1 fully saturated rings. The molecule has 6 nitrogen and oxygen atoms in total. The number of nitrogens with zero attached hydrogens (tertiary/aromatic N) is 1. The smallest absolute Gasteiger partial charge is 0.255 e. The van der Waals surface area contributed by atoms with Crippen LogP contribution >= 0.6 is 0 Å². The molecule has 1 heterocycles. The molecule has 0 atom stereocenters. The Balaban J connectivity index is 1.73. The third-order valence-corrected chi connectivity index (χ3v) is 6.23. The maximum absolute atomic E-state index is 12.6. The number of amides is 1. The number of carbonyl (C=O) groups excluding carboxylic acids is 1. The molecule has 0 spiro atoms. The topological polar surface area (TPSA) is 75.7 Å². The van der Waals surface area contributed by atoms with E-state index in [2.05, 4.69) is 12.2 Å². The zero-order chi connectivity index (χ0) is 18.6. The lowest BCUT2D eigenvalue weighted by Gasteiger charge is -2.26. The zero-order valence-corrected chi connectivity index (χ0v) is 15.5. The summed E-state index contributed by atoms with van der Waals surface area (Å²) in [5, 5.41) is 2.84. The molecule has 0 bridgehead atoms. The summed E-state index contributed by atoms with van der Waals surface area (Å²) < 4.78 is 31.8. The Kier molecular flexibility index (Phi) is 5.70. The first kappa shape index (κ1) is 18.6. The first-order chi connectivity index (χ1) is 12.5. The van der Waals surface area contributed by atoms with Crippen LogP contribution in [0.1, 0.15) is 22.8 Å². The molecule has 1 N–H and O–H groups in total. The molecule has 0 aromatic heterocycles. The van der Waals surface area contributed by atoms with Crippen molar-refractivity contribution >= 4 is 21.6 Å². The van der Waals surface area contributed by atoms with Crippen LogP contribution in [0.4, 0.5) is 5.69 Å². The van der Waals surface area contributed by atoms with E-state index in [-0.39, 0.29) is 10.8 Å². The first-order valence-corrected chi connectivity index (χ1v) is 10.0. The van der Waals surface area contributed by atoms with Crippen LogP contribution in [0.15, 0.2) is 53.4 Å². The van der Waals surface area contributed by atoms with Crippen molar-refractivity contribution in [1.82, 2.24) is 4.31 Å². The van der Waals surface area contributed by atoms with Crippen molar-refractivity contribution < 1.29 is 17.9 Å². The zero-order valence-electron chi connectivity index (χ0n) is 14.6. The summed E-state index contributed by atoms with van der Waals surface area (Å²) in [6.45, 7) is 3.54. The lowest BCUT2D eigenvalue weighted by atomic mass is 10.1. The van der Waals surface area contributed by atoms with Crippen LogP contribution in [0, 0.1) is 0 Å². The van der Waals surface area contributed by atoms with Gasteiger partial charge >= 0.3 is 0 Å². The van der Waals surface area contributed by atoms with Gasteiger partial charge in [0.15, 0.2) is 0 Å². The van der Waals surface area contributed by atoms with Gasteiger partial charge in [-0.05, 0) is 48.4 Å². The van der Waals surface area contributed by atoms with Crippen LogP contribution in [-0.4, -0.2) is 44.9 Å². The maximum atomic E-state index is 12.6. The highest BCUT2D eigenvalue weighted by Crippen LogP contribution is 2.19. The SMILES string of the molecule is CCc1cccc(NC(=O)c2ccc(S(=O)(=O)N3CCOCC3)cc2)c1. The number of carbonyl (C=O) groups is 1. The lowest BCUT2D eigenvalue weighted by molar-refractivity contribution is 0.0730. The Hall–Kier alpha value is -2.22. The Morgan fingerprint density at radius 2 is 1.81 bits per heavy atom. The van der Waals surface area contributed by atoms with Crippen LogP contribution < -0.4 is 5.32 Å². The van der Waals surface area contributed by atoms with E-state index >= 15 is 0 Å². The summed E-state index contributed by atoms with van der Waals surface area (Å²) in [6, 6.07) is 13.7. The van der Waals surface area contributed by atoms with Crippen molar-refractivity contribution in [1.29, 1.82) is 0 Å². The Morgan fingerprint density at radius 3 is 2.46 bits per heavy atom. The minimum atomic E-state index is -3.55. The molecule has 7 heteroatoms. The molecule has 0 unspecified atom stereocenters. The fourth-order valence-electron chi connectivity index (χ4n) is 2.79. The van der Waals surface area contributed by atoms with E-state index in [4.69, 9.17) is 4.74 Å². The second-order valence-electron chi connectivity index (χ2n) is 6.05. The van der Waals surface area contributed by atoms with Crippen molar-refractivity contribution in [2.75, 3.05) is 31.6 Å². The monoisotopic (exact) mass is 374 g/mol. The van der Waals surface area contributed by atoms with Gasteiger partial charge in [-0.15, -0.1) is 0 Å². The highest BCUT2D eigenvalue weighted by atomic mass is 32.2. The quantitative estimate of drug-likeness (QED) is 0.873. The largest absolute Gasteiger partial charge is 0.379 e.